The van der Waals surface area contributed by atoms with E-state index in [1.807, 2.05) is 0 Å². The number of hydrogen-bond donors (Lipinski definition) is 1. The van der Waals surface area contributed by atoms with Gasteiger partial charge in [-0.2, -0.15) is 13.2 Å². The van der Waals surface area contributed by atoms with E-state index in [2.05, 4.69) is 4.98 Å². The maximum Gasteiger partial charge on any atom is 0.416 e. The number of nitrogens with zero attached hydrogens (tertiary/aromatic N) is 1. The standard InChI is InChI=1S/C26H22F5NO2/c1-13(2)24-22(23(28)15-3-7-16(8-4-15)26(29,30)31)20(14-5-9-17(27)10-6-14)21-18(33)11-12-19(34)25(21)32-24/h3-10,13,18,23,33H,11-12H2,1-2H3. The maximum absolute atomic E-state index is 16.2. The van der Waals surface area contributed by atoms with Crippen molar-refractivity contribution in [1.82, 2.24) is 4.98 Å². The number of aromatic nitrogens is 1. The van der Waals surface area contributed by atoms with Crippen LogP contribution in [0, 0.1) is 5.82 Å². The van der Waals surface area contributed by atoms with Crippen LogP contribution in [0.15, 0.2) is 48.5 Å². The van der Waals surface area contributed by atoms with Gasteiger partial charge in [0.15, 0.2) is 12.0 Å². The Morgan fingerprint density at radius 2 is 1.65 bits per heavy atom. The molecule has 34 heavy (non-hydrogen) atoms. The van der Waals surface area contributed by atoms with Gasteiger partial charge in [-0.15, -0.1) is 0 Å². The van der Waals surface area contributed by atoms with E-state index in [-0.39, 0.29) is 58.2 Å². The highest BCUT2D eigenvalue weighted by atomic mass is 19.4. The number of pyridine rings is 1. The van der Waals surface area contributed by atoms with Crippen molar-refractivity contribution in [3.05, 3.63) is 88.0 Å². The molecule has 178 valence electrons. The smallest absolute Gasteiger partial charge is 0.388 e. The molecule has 3 aromatic rings. The van der Waals surface area contributed by atoms with E-state index >= 15 is 4.39 Å². The molecule has 0 amide bonds. The first-order valence-corrected chi connectivity index (χ1v) is 10.8. The van der Waals surface area contributed by atoms with Gasteiger partial charge in [0.1, 0.15) is 11.5 Å². The molecule has 1 heterocycles. The number of aliphatic hydroxyl groups is 1. The van der Waals surface area contributed by atoms with Crippen molar-refractivity contribution in [3.63, 3.8) is 0 Å². The topological polar surface area (TPSA) is 50.2 Å². The van der Waals surface area contributed by atoms with Gasteiger partial charge in [0, 0.05) is 17.5 Å². The van der Waals surface area contributed by atoms with E-state index < -0.39 is 29.8 Å². The van der Waals surface area contributed by atoms with Crippen molar-refractivity contribution in [3.8, 4) is 11.1 Å². The van der Waals surface area contributed by atoms with Gasteiger partial charge in [0.05, 0.1) is 17.4 Å². The van der Waals surface area contributed by atoms with Gasteiger partial charge >= 0.3 is 6.18 Å². The van der Waals surface area contributed by atoms with Crippen LogP contribution in [-0.4, -0.2) is 15.9 Å². The van der Waals surface area contributed by atoms with E-state index in [0.717, 1.165) is 24.3 Å². The van der Waals surface area contributed by atoms with Crippen LogP contribution in [0.25, 0.3) is 11.1 Å². The van der Waals surface area contributed by atoms with Crippen LogP contribution in [0.4, 0.5) is 22.0 Å². The number of Topliss-reactive ketones (excluding diaryl/α,β-unsaturated/α-hetero) is 1. The van der Waals surface area contributed by atoms with Gasteiger partial charge in [-0.3, -0.25) is 4.79 Å². The molecule has 2 unspecified atom stereocenters. The highest BCUT2D eigenvalue weighted by Gasteiger charge is 2.36. The van der Waals surface area contributed by atoms with Gasteiger partial charge in [-0.05, 0) is 53.3 Å². The summed E-state index contributed by atoms with van der Waals surface area (Å²) in [5.74, 6) is -1.16. The molecule has 4 rings (SSSR count). The Labute approximate surface area is 193 Å². The van der Waals surface area contributed by atoms with Crippen LogP contribution in [0.1, 0.15) is 83.3 Å². The van der Waals surface area contributed by atoms with Gasteiger partial charge in [0.25, 0.3) is 0 Å². The first kappa shape index (κ1) is 24.0. The molecular formula is C26H22F5NO2. The van der Waals surface area contributed by atoms with Crippen molar-refractivity contribution >= 4 is 5.78 Å². The summed E-state index contributed by atoms with van der Waals surface area (Å²) in [6.07, 6.45) is -7.36. The average Bonchev–Trinajstić information content (AvgIpc) is 2.80. The highest BCUT2D eigenvalue weighted by molar-refractivity contribution is 5.99. The lowest BCUT2D eigenvalue weighted by atomic mass is 9.80. The lowest BCUT2D eigenvalue weighted by molar-refractivity contribution is -0.137. The zero-order valence-corrected chi connectivity index (χ0v) is 18.5. The van der Waals surface area contributed by atoms with Crippen molar-refractivity contribution in [2.75, 3.05) is 0 Å². The number of alkyl halides is 4. The SMILES string of the molecule is CC(C)c1nc2c(c(-c3ccc(F)cc3)c1C(F)c1ccc(C(F)(F)F)cc1)C(O)CCC2=O. The van der Waals surface area contributed by atoms with Crippen molar-refractivity contribution in [2.45, 2.75) is 51.1 Å². The van der Waals surface area contributed by atoms with Crippen LogP contribution >= 0.6 is 0 Å². The minimum atomic E-state index is -4.56. The summed E-state index contributed by atoms with van der Waals surface area (Å²) >= 11 is 0. The van der Waals surface area contributed by atoms with Crippen LogP contribution < -0.4 is 0 Å². The Hall–Kier alpha value is -3.13. The molecule has 0 fully saturated rings. The molecule has 0 spiro atoms. The van der Waals surface area contributed by atoms with E-state index in [0.29, 0.717) is 5.56 Å². The van der Waals surface area contributed by atoms with Crippen molar-refractivity contribution < 1.29 is 31.9 Å². The Balaban J connectivity index is 2.01. The molecule has 0 radical (unpaired) electrons. The molecule has 0 aliphatic heterocycles. The molecule has 0 saturated carbocycles. The van der Waals surface area contributed by atoms with Gasteiger partial charge in [-0.25, -0.2) is 13.8 Å². The van der Waals surface area contributed by atoms with Crippen molar-refractivity contribution in [1.29, 1.82) is 0 Å². The van der Waals surface area contributed by atoms with Crippen LogP contribution in [-0.2, 0) is 6.18 Å². The predicted octanol–water partition coefficient (Wildman–Crippen LogP) is 7.10. The predicted molar refractivity (Wildman–Crippen MR) is 117 cm³/mol. The van der Waals surface area contributed by atoms with E-state index in [1.54, 1.807) is 13.8 Å². The highest BCUT2D eigenvalue weighted by Crippen LogP contribution is 2.46. The quantitative estimate of drug-likeness (QED) is 0.410. The molecule has 1 N–H and O–H groups in total. The molecule has 0 bridgehead atoms. The maximum atomic E-state index is 16.2. The second kappa shape index (κ2) is 8.91. The number of aliphatic hydroxyl groups excluding tert-OH is 1. The van der Waals surface area contributed by atoms with Crippen LogP contribution in [0.2, 0.25) is 0 Å². The third-order valence-electron chi connectivity index (χ3n) is 6.01. The van der Waals surface area contributed by atoms with Crippen molar-refractivity contribution in [2.24, 2.45) is 0 Å². The number of carbonyl (C=O) groups is 1. The summed E-state index contributed by atoms with van der Waals surface area (Å²) < 4.78 is 68.9. The monoisotopic (exact) mass is 475 g/mol. The fourth-order valence-electron chi connectivity index (χ4n) is 4.33. The molecule has 0 saturated heterocycles. The van der Waals surface area contributed by atoms with E-state index in [4.69, 9.17) is 0 Å². The zero-order chi connectivity index (χ0) is 24.8. The lowest BCUT2D eigenvalue weighted by Crippen LogP contribution is -2.22. The number of ketones is 1. The molecule has 3 nitrogen and oxygen atoms in total. The summed E-state index contributed by atoms with van der Waals surface area (Å²) in [5, 5.41) is 10.8. The number of benzene rings is 2. The number of hydrogen-bond acceptors (Lipinski definition) is 3. The van der Waals surface area contributed by atoms with Crippen LogP contribution in [0.3, 0.4) is 0 Å². The largest absolute Gasteiger partial charge is 0.416 e. The lowest BCUT2D eigenvalue weighted by Gasteiger charge is -2.29. The first-order valence-electron chi connectivity index (χ1n) is 10.8. The zero-order valence-electron chi connectivity index (χ0n) is 18.5. The summed E-state index contributed by atoms with van der Waals surface area (Å²) in [5.41, 5.74) is 0.179. The molecule has 1 aliphatic carbocycles. The molecule has 1 aromatic heterocycles. The van der Waals surface area contributed by atoms with Gasteiger partial charge < -0.3 is 5.11 Å². The third-order valence-corrected chi connectivity index (χ3v) is 6.01. The normalized spacial score (nSPS) is 17.1. The van der Waals surface area contributed by atoms with Crippen LogP contribution in [0.5, 0.6) is 0 Å². The minimum absolute atomic E-state index is 0.0309. The number of carbonyl (C=O) groups excluding carboxylic acids is 1. The van der Waals surface area contributed by atoms with Gasteiger partial charge in [-0.1, -0.05) is 38.1 Å². The molecule has 1 aliphatic rings. The minimum Gasteiger partial charge on any atom is -0.388 e. The Morgan fingerprint density at radius 1 is 1.03 bits per heavy atom. The summed E-state index contributed by atoms with van der Waals surface area (Å²) in [7, 11) is 0. The Bertz CT molecular complexity index is 1220. The fourth-order valence-corrected chi connectivity index (χ4v) is 4.33. The third kappa shape index (κ3) is 4.34. The fraction of sp³-hybridized carbons (Fsp3) is 0.308. The molecular weight excluding hydrogens is 453 g/mol. The Kier molecular flexibility index (Phi) is 6.29. The van der Waals surface area contributed by atoms with E-state index in [1.165, 1.54) is 24.3 Å². The molecule has 8 heteroatoms. The summed E-state index contributed by atoms with van der Waals surface area (Å²) in [6, 6.07) is 8.94. The van der Waals surface area contributed by atoms with Gasteiger partial charge in [0.2, 0.25) is 0 Å². The second-order valence-electron chi connectivity index (χ2n) is 8.67. The molecule has 2 aromatic carbocycles. The first-order chi connectivity index (χ1) is 16.0. The van der Waals surface area contributed by atoms with E-state index in [9.17, 15) is 27.5 Å². The Morgan fingerprint density at radius 3 is 2.21 bits per heavy atom. The molecule has 2 atom stereocenters. The average molecular weight is 475 g/mol. The number of rotatable bonds is 4. The summed E-state index contributed by atoms with van der Waals surface area (Å²) in [4.78, 5) is 17.1. The number of fused-ring (bicyclic) bond motifs is 1. The summed E-state index contributed by atoms with van der Waals surface area (Å²) in [6.45, 7) is 3.52. The number of halogens is 5. The second-order valence-corrected chi connectivity index (χ2v) is 8.67.